The average Bonchev–Trinajstić information content (AvgIpc) is 2.97. The fourth-order valence-corrected chi connectivity index (χ4v) is 4.99. The number of rotatable bonds is 5. The Morgan fingerprint density at radius 1 is 0.368 bits per heavy atom. The van der Waals surface area contributed by atoms with Gasteiger partial charge in [-0.3, -0.25) is 9.97 Å². The summed E-state index contributed by atoms with van der Waals surface area (Å²) in [5.41, 5.74) is 13.3. The van der Waals surface area contributed by atoms with Crippen LogP contribution in [0.2, 0.25) is 0 Å². The molecule has 0 aliphatic carbocycles. The van der Waals surface area contributed by atoms with Crippen molar-refractivity contribution in [3.05, 3.63) is 145 Å². The summed E-state index contributed by atoms with van der Waals surface area (Å²) in [5.74, 6) is 0. The minimum absolute atomic E-state index is 0.855. The Hall–Kier alpha value is -4.82. The molecule has 0 N–H and O–H groups in total. The summed E-state index contributed by atoms with van der Waals surface area (Å²) in [6.45, 7) is 4.25. The van der Waals surface area contributed by atoms with Gasteiger partial charge in [0.05, 0.1) is 11.4 Å². The summed E-state index contributed by atoms with van der Waals surface area (Å²) >= 11 is 0. The van der Waals surface area contributed by atoms with E-state index >= 15 is 0 Å². The average molecular weight is 489 g/mol. The quantitative estimate of drug-likeness (QED) is 0.241. The van der Waals surface area contributed by atoms with Gasteiger partial charge >= 0.3 is 0 Å². The summed E-state index contributed by atoms with van der Waals surface area (Å²) in [6.07, 6.45) is 3.98. The molecule has 182 valence electrons. The molecule has 0 unspecified atom stereocenters. The largest absolute Gasteiger partial charge is 0.254 e. The van der Waals surface area contributed by atoms with Crippen LogP contribution in [0.5, 0.6) is 0 Å². The third-order valence-corrected chi connectivity index (χ3v) is 6.90. The Morgan fingerprint density at radius 3 is 1.16 bits per heavy atom. The molecule has 0 saturated carbocycles. The maximum absolute atomic E-state index is 4.93. The second kappa shape index (κ2) is 10.3. The minimum atomic E-state index is 0.855. The van der Waals surface area contributed by atoms with E-state index in [2.05, 4.69) is 135 Å². The first-order valence-corrected chi connectivity index (χ1v) is 12.9. The van der Waals surface area contributed by atoms with Crippen LogP contribution in [0, 0.1) is 13.8 Å². The highest BCUT2D eigenvalue weighted by Crippen LogP contribution is 2.37. The van der Waals surface area contributed by atoms with E-state index in [-0.39, 0.29) is 0 Å². The van der Waals surface area contributed by atoms with Gasteiger partial charge in [-0.25, -0.2) is 0 Å². The van der Waals surface area contributed by atoms with E-state index in [0.29, 0.717) is 0 Å². The second-order valence-electron chi connectivity index (χ2n) is 9.70. The molecule has 0 amide bonds. The van der Waals surface area contributed by atoms with Gasteiger partial charge in [-0.2, -0.15) is 0 Å². The van der Waals surface area contributed by atoms with E-state index in [0.717, 1.165) is 55.9 Å². The molecule has 0 aliphatic heterocycles. The van der Waals surface area contributed by atoms with E-state index in [1.54, 1.807) is 0 Å². The highest BCUT2D eigenvalue weighted by molar-refractivity contribution is 5.88. The molecule has 2 heterocycles. The Kier molecular flexibility index (Phi) is 6.37. The molecule has 0 spiro atoms. The number of benzene rings is 4. The summed E-state index contributed by atoms with van der Waals surface area (Å²) < 4.78 is 0. The van der Waals surface area contributed by atoms with Gasteiger partial charge < -0.3 is 0 Å². The molecule has 0 fully saturated rings. The number of nitrogens with zero attached hydrogens (tertiary/aromatic N) is 2. The van der Waals surface area contributed by atoms with Crippen molar-refractivity contribution in [1.82, 2.24) is 9.97 Å². The molecule has 0 aliphatic rings. The number of pyridine rings is 2. The first kappa shape index (κ1) is 23.6. The topological polar surface area (TPSA) is 25.8 Å². The lowest BCUT2D eigenvalue weighted by Gasteiger charge is -2.15. The number of hydrogen-bond acceptors (Lipinski definition) is 2. The molecule has 0 radical (unpaired) electrons. The molecule has 0 bridgehead atoms. The van der Waals surface area contributed by atoms with E-state index in [1.165, 1.54) is 11.1 Å². The monoisotopic (exact) mass is 488 g/mol. The van der Waals surface area contributed by atoms with E-state index in [1.807, 2.05) is 12.4 Å². The number of aromatic nitrogens is 2. The molecular weight excluding hydrogens is 460 g/mol. The minimum Gasteiger partial charge on any atom is -0.254 e. The van der Waals surface area contributed by atoms with Crippen LogP contribution in [-0.2, 0) is 0 Å². The lowest BCUT2D eigenvalue weighted by atomic mass is 9.93. The first-order chi connectivity index (χ1) is 18.7. The Bertz CT molecular complexity index is 1590. The fourth-order valence-electron chi connectivity index (χ4n) is 4.99. The van der Waals surface area contributed by atoms with Crippen LogP contribution in [0.4, 0.5) is 0 Å². The zero-order valence-electron chi connectivity index (χ0n) is 21.6. The van der Waals surface area contributed by atoms with E-state index in [4.69, 9.17) is 9.97 Å². The molecule has 2 aromatic heterocycles. The lowest BCUT2D eigenvalue weighted by molar-refractivity contribution is 1.25. The second-order valence-corrected chi connectivity index (χ2v) is 9.70. The van der Waals surface area contributed by atoms with Crippen molar-refractivity contribution >= 4 is 0 Å². The zero-order chi connectivity index (χ0) is 25.9. The highest BCUT2D eigenvalue weighted by Gasteiger charge is 2.15. The molecule has 0 atom stereocenters. The Labute approximate surface area is 224 Å². The molecule has 2 heteroatoms. The molecule has 2 nitrogen and oxygen atoms in total. The van der Waals surface area contributed by atoms with Gasteiger partial charge in [0.2, 0.25) is 0 Å². The van der Waals surface area contributed by atoms with Gasteiger partial charge in [0, 0.05) is 23.5 Å². The van der Waals surface area contributed by atoms with Gasteiger partial charge in [0.25, 0.3) is 0 Å². The van der Waals surface area contributed by atoms with Crippen LogP contribution < -0.4 is 0 Å². The Balaban J connectivity index is 1.53. The maximum atomic E-state index is 4.93. The predicted octanol–water partition coefficient (Wildman–Crippen LogP) is 9.43. The van der Waals surface area contributed by atoms with E-state index in [9.17, 15) is 0 Å². The van der Waals surface area contributed by atoms with Gasteiger partial charge in [-0.1, -0.05) is 120 Å². The molecule has 4 aromatic carbocycles. The molecule has 0 saturated heterocycles. The first-order valence-electron chi connectivity index (χ1n) is 12.9. The van der Waals surface area contributed by atoms with Gasteiger partial charge in [-0.05, 0) is 59.4 Å². The van der Waals surface area contributed by atoms with Crippen LogP contribution in [0.25, 0.3) is 55.9 Å². The maximum Gasteiger partial charge on any atom is 0.0893 e. The van der Waals surface area contributed by atoms with Crippen molar-refractivity contribution in [2.24, 2.45) is 0 Å². The van der Waals surface area contributed by atoms with Crippen LogP contribution in [0.15, 0.2) is 134 Å². The normalized spacial score (nSPS) is 10.9. The van der Waals surface area contributed by atoms with Crippen molar-refractivity contribution in [2.75, 3.05) is 0 Å². The van der Waals surface area contributed by atoms with Crippen LogP contribution in [0.1, 0.15) is 11.1 Å². The summed E-state index contributed by atoms with van der Waals surface area (Å²) in [7, 11) is 0. The molecule has 6 rings (SSSR count). The highest BCUT2D eigenvalue weighted by atomic mass is 14.8. The van der Waals surface area contributed by atoms with Crippen LogP contribution >= 0.6 is 0 Å². The Morgan fingerprint density at radius 2 is 0.763 bits per heavy atom. The lowest BCUT2D eigenvalue weighted by Crippen LogP contribution is -1.95. The third kappa shape index (κ3) is 4.77. The van der Waals surface area contributed by atoms with Crippen molar-refractivity contribution in [2.45, 2.75) is 13.8 Å². The SMILES string of the molecule is Cc1cccc(-c2cnc(-c3cc(-c4ccccc4)c(-c4cccc(C)c4)cn3)cc2-c2ccccc2)c1. The summed E-state index contributed by atoms with van der Waals surface area (Å²) in [5, 5.41) is 0. The van der Waals surface area contributed by atoms with Gasteiger partial charge in [0.1, 0.15) is 0 Å². The van der Waals surface area contributed by atoms with Crippen LogP contribution in [-0.4, -0.2) is 9.97 Å². The summed E-state index contributed by atoms with van der Waals surface area (Å²) in [4.78, 5) is 9.86. The van der Waals surface area contributed by atoms with Gasteiger partial charge in [-0.15, -0.1) is 0 Å². The summed E-state index contributed by atoms with van der Waals surface area (Å²) in [6, 6.07) is 42.6. The van der Waals surface area contributed by atoms with Crippen LogP contribution in [0.3, 0.4) is 0 Å². The standard InChI is InChI=1S/C36H28N2/c1-25-11-9-17-29(19-25)33-23-37-35(21-31(33)27-13-5-3-6-14-27)36-22-32(28-15-7-4-8-16-28)34(24-38-36)30-18-10-12-26(2)20-30/h3-24H,1-2H3. The van der Waals surface area contributed by atoms with E-state index < -0.39 is 0 Å². The van der Waals surface area contributed by atoms with Gasteiger partial charge in [0.15, 0.2) is 0 Å². The van der Waals surface area contributed by atoms with Crippen molar-refractivity contribution < 1.29 is 0 Å². The fraction of sp³-hybridized carbons (Fsp3) is 0.0556. The third-order valence-electron chi connectivity index (χ3n) is 6.90. The molecule has 38 heavy (non-hydrogen) atoms. The van der Waals surface area contributed by atoms with Crippen molar-refractivity contribution in [3.63, 3.8) is 0 Å². The smallest absolute Gasteiger partial charge is 0.0893 e. The van der Waals surface area contributed by atoms with Crippen molar-refractivity contribution in [3.8, 4) is 55.9 Å². The zero-order valence-corrected chi connectivity index (χ0v) is 21.6. The predicted molar refractivity (Wildman–Crippen MR) is 159 cm³/mol. The number of aryl methyl sites for hydroxylation is 2. The number of hydrogen-bond donors (Lipinski definition) is 0. The van der Waals surface area contributed by atoms with Crippen molar-refractivity contribution in [1.29, 1.82) is 0 Å². The molecular formula is C36H28N2. The molecule has 6 aromatic rings.